The molecule has 4 nitrogen and oxygen atoms in total. The van der Waals surface area contributed by atoms with Crippen molar-refractivity contribution in [2.45, 2.75) is 38.0 Å². The fraction of sp³-hybridized carbons (Fsp3) is 0.667. The Morgan fingerprint density at radius 1 is 1.22 bits per heavy atom. The van der Waals surface area contributed by atoms with Gasteiger partial charge in [-0.2, -0.15) is 0 Å². The zero-order chi connectivity index (χ0) is 16.4. The molecule has 0 spiro atoms. The van der Waals surface area contributed by atoms with E-state index in [1.54, 1.807) is 0 Å². The molecule has 0 saturated carbocycles. The first-order valence-corrected chi connectivity index (χ1v) is 10.4. The molecular weight excluding hydrogens is 308 g/mol. The maximum Gasteiger partial charge on any atom is 0.154 e. The predicted molar refractivity (Wildman–Crippen MR) is 94.4 cm³/mol. The second-order valence-corrected chi connectivity index (χ2v) is 9.46. The van der Waals surface area contributed by atoms with Gasteiger partial charge in [0.05, 0.1) is 11.0 Å². The highest BCUT2D eigenvalue weighted by molar-refractivity contribution is 7.92. The van der Waals surface area contributed by atoms with Crippen molar-refractivity contribution in [2.24, 2.45) is 0 Å². The fourth-order valence-corrected chi connectivity index (χ4v) is 5.69. The third-order valence-electron chi connectivity index (χ3n) is 5.40. The maximum absolute atomic E-state index is 12.0. The molecule has 2 atom stereocenters. The van der Waals surface area contributed by atoms with Gasteiger partial charge in [-0.05, 0) is 32.3 Å². The molecule has 23 heavy (non-hydrogen) atoms. The van der Waals surface area contributed by atoms with Crippen LogP contribution in [0.25, 0.3) is 0 Å². The molecule has 0 bridgehead atoms. The van der Waals surface area contributed by atoms with Gasteiger partial charge >= 0.3 is 0 Å². The smallest absolute Gasteiger partial charge is 0.154 e. The third kappa shape index (κ3) is 3.95. The van der Waals surface area contributed by atoms with Gasteiger partial charge in [0, 0.05) is 38.8 Å². The van der Waals surface area contributed by atoms with Crippen molar-refractivity contribution in [3.63, 3.8) is 0 Å². The van der Waals surface area contributed by atoms with Crippen molar-refractivity contribution in [1.82, 2.24) is 9.80 Å². The first-order chi connectivity index (χ1) is 11.0. The van der Waals surface area contributed by atoms with Crippen LogP contribution in [0.1, 0.15) is 36.9 Å². The van der Waals surface area contributed by atoms with E-state index >= 15 is 0 Å². The highest BCUT2D eigenvalue weighted by Gasteiger charge is 2.33. The summed E-state index contributed by atoms with van der Waals surface area (Å²) in [5, 5.41) is -0.122. The van der Waals surface area contributed by atoms with Crippen molar-refractivity contribution in [3.05, 3.63) is 35.4 Å². The molecule has 0 radical (unpaired) electrons. The Bertz CT molecular complexity index is 636. The molecule has 0 amide bonds. The summed E-state index contributed by atoms with van der Waals surface area (Å²) in [5.74, 6) is 0.391. The standard InChI is InChI=1S/C18H28N2O2S/c1-15-5-3-6-17(13-15)16(2)20-10-8-19(9-11-20)14-18-7-4-12-23(18,21)22/h3,5-6,13,16,18H,4,7-12,14H2,1-2H3. The minimum absolute atomic E-state index is 0.122. The van der Waals surface area contributed by atoms with Crippen molar-refractivity contribution in [3.8, 4) is 0 Å². The van der Waals surface area contributed by atoms with Crippen LogP contribution in [0.15, 0.2) is 24.3 Å². The van der Waals surface area contributed by atoms with Crippen LogP contribution in [0, 0.1) is 6.92 Å². The number of piperazine rings is 1. The average molecular weight is 337 g/mol. The summed E-state index contributed by atoms with van der Waals surface area (Å²) in [4.78, 5) is 4.85. The van der Waals surface area contributed by atoms with E-state index in [1.807, 2.05) is 0 Å². The molecule has 1 aromatic rings. The monoisotopic (exact) mass is 336 g/mol. The van der Waals surface area contributed by atoms with E-state index in [-0.39, 0.29) is 5.25 Å². The highest BCUT2D eigenvalue weighted by atomic mass is 32.2. The lowest BCUT2D eigenvalue weighted by atomic mass is 10.0. The number of nitrogens with zero attached hydrogens (tertiary/aromatic N) is 2. The summed E-state index contributed by atoms with van der Waals surface area (Å²) < 4.78 is 24.0. The zero-order valence-electron chi connectivity index (χ0n) is 14.2. The van der Waals surface area contributed by atoms with Crippen molar-refractivity contribution >= 4 is 9.84 Å². The van der Waals surface area contributed by atoms with Gasteiger partial charge in [0.1, 0.15) is 0 Å². The quantitative estimate of drug-likeness (QED) is 0.846. The number of aryl methyl sites for hydroxylation is 1. The molecule has 128 valence electrons. The van der Waals surface area contributed by atoms with E-state index in [4.69, 9.17) is 0 Å². The minimum Gasteiger partial charge on any atom is -0.300 e. The second-order valence-electron chi connectivity index (χ2n) is 7.06. The molecule has 2 heterocycles. The summed E-state index contributed by atoms with van der Waals surface area (Å²) in [5.41, 5.74) is 2.68. The highest BCUT2D eigenvalue weighted by Crippen LogP contribution is 2.24. The van der Waals surface area contributed by atoms with Crippen LogP contribution >= 0.6 is 0 Å². The number of rotatable bonds is 4. The van der Waals surface area contributed by atoms with Crippen LogP contribution in [-0.2, 0) is 9.84 Å². The molecule has 2 fully saturated rings. The molecule has 0 aliphatic carbocycles. The van der Waals surface area contributed by atoms with Gasteiger partial charge in [-0.25, -0.2) is 8.42 Å². The molecule has 2 aliphatic rings. The maximum atomic E-state index is 12.0. The van der Waals surface area contributed by atoms with Crippen LogP contribution in [0.5, 0.6) is 0 Å². The van der Waals surface area contributed by atoms with E-state index in [0.29, 0.717) is 11.8 Å². The molecular formula is C18H28N2O2S. The van der Waals surface area contributed by atoms with E-state index in [2.05, 4.69) is 47.9 Å². The molecule has 0 aromatic heterocycles. The molecule has 3 rings (SSSR count). The zero-order valence-corrected chi connectivity index (χ0v) is 15.1. The number of benzene rings is 1. The van der Waals surface area contributed by atoms with Crippen LogP contribution in [0.2, 0.25) is 0 Å². The fourth-order valence-electron chi connectivity index (χ4n) is 3.83. The number of sulfone groups is 1. The van der Waals surface area contributed by atoms with E-state index in [1.165, 1.54) is 11.1 Å². The minimum atomic E-state index is -2.82. The first-order valence-electron chi connectivity index (χ1n) is 8.70. The van der Waals surface area contributed by atoms with Gasteiger partial charge in [0.15, 0.2) is 9.84 Å². The third-order valence-corrected chi connectivity index (χ3v) is 7.66. The van der Waals surface area contributed by atoms with Gasteiger partial charge in [0.25, 0.3) is 0 Å². The summed E-state index contributed by atoms with van der Waals surface area (Å²) in [6.45, 7) is 9.12. The molecule has 1 aromatic carbocycles. The average Bonchev–Trinajstić information content (AvgIpc) is 2.86. The molecule has 2 saturated heterocycles. The number of hydrogen-bond acceptors (Lipinski definition) is 4. The number of hydrogen-bond donors (Lipinski definition) is 0. The Morgan fingerprint density at radius 3 is 2.57 bits per heavy atom. The molecule has 2 unspecified atom stereocenters. The Labute approximate surface area is 140 Å². The SMILES string of the molecule is Cc1cccc(C(C)N2CCN(CC3CCCS3(=O)=O)CC2)c1. The lowest BCUT2D eigenvalue weighted by Crippen LogP contribution is -2.49. The normalized spacial score (nSPS) is 27.1. The van der Waals surface area contributed by atoms with Crippen molar-refractivity contribution in [1.29, 1.82) is 0 Å². The predicted octanol–water partition coefficient (Wildman–Crippen LogP) is 2.25. The summed E-state index contributed by atoms with van der Waals surface area (Å²) in [7, 11) is -2.82. The van der Waals surface area contributed by atoms with Gasteiger partial charge < -0.3 is 0 Å². The Morgan fingerprint density at radius 2 is 1.96 bits per heavy atom. The van der Waals surface area contributed by atoms with Crippen molar-refractivity contribution < 1.29 is 8.42 Å². The molecule has 0 N–H and O–H groups in total. The van der Waals surface area contributed by atoms with Gasteiger partial charge in [0.2, 0.25) is 0 Å². The first kappa shape index (κ1) is 16.9. The van der Waals surface area contributed by atoms with Gasteiger partial charge in [-0.3, -0.25) is 9.80 Å². The van der Waals surface area contributed by atoms with E-state index in [0.717, 1.165) is 45.6 Å². The summed E-state index contributed by atoms with van der Waals surface area (Å²) in [6.07, 6.45) is 1.69. The lowest BCUT2D eigenvalue weighted by molar-refractivity contribution is 0.102. The Hall–Kier alpha value is -0.910. The van der Waals surface area contributed by atoms with Crippen LogP contribution in [0.4, 0.5) is 0 Å². The molecule has 2 aliphatic heterocycles. The largest absolute Gasteiger partial charge is 0.300 e. The summed E-state index contributed by atoms with van der Waals surface area (Å²) >= 11 is 0. The van der Waals surface area contributed by atoms with E-state index < -0.39 is 9.84 Å². The Balaban J connectivity index is 1.54. The van der Waals surface area contributed by atoms with Crippen LogP contribution in [-0.4, -0.2) is 61.9 Å². The van der Waals surface area contributed by atoms with Crippen molar-refractivity contribution in [2.75, 3.05) is 38.5 Å². The lowest BCUT2D eigenvalue weighted by Gasteiger charge is -2.39. The Kier molecular flexibility index (Phi) is 5.09. The van der Waals surface area contributed by atoms with Gasteiger partial charge in [-0.1, -0.05) is 29.8 Å². The summed E-state index contributed by atoms with van der Waals surface area (Å²) in [6, 6.07) is 9.16. The molecule has 5 heteroatoms. The van der Waals surface area contributed by atoms with E-state index in [9.17, 15) is 8.42 Å². The van der Waals surface area contributed by atoms with Gasteiger partial charge in [-0.15, -0.1) is 0 Å². The van der Waals surface area contributed by atoms with Crippen LogP contribution < -0.4 is 0 Å². The topological polar surface area (TPSA) is 40.6 Å². The second kappa shape index (κ2) is 6.91. The van der Waals surface area contributed by atoms with Crippen LogP contribution in [0.3, 0.4) is 0 Å².